The van der Waals surface area contributed by atoms with Crippen LogP contribution in [-0.2, 0) is 0 Å². The molecule has 1 aromatic rings. The van der Waals surface area contributed by atoms with Crippen LogP contribution in [0.3, 0.4) is 0 Å². The summed E-state index contributed by atoms with van der Waals surface area (Å²) in [6.07, 6.45) is 6.71. The highest BCUT2D eigenvalue weighted by molar-refractivity contribution is 5.27. The van der Waals surface area contributed by atoms with Crippen LogP contribution in [-0.4, -0.2) is 13.1 Å². The molecule has 0 saturated carbocycles. The molecule has 0 aromatic heterocycles. The van der Waals surface area contributed by atoms with E-state index in [1.165, 1.54) is 44.2 Å². The molecule has 1 fully saturated rings. The first kappa shape index (κ1) is 14.6. The van der Waals surface area contributed by atoms with Gasteiger partial charge in [0, 0.05) is 12.5 Å². The van der Waals surface area contributed by atoms with Crippen molar-refractivity contribution in [3.8, 4) is 0 Å². The van der Waals surface area contributed by atoms with Crippen molar-refractivity contribution in [1.82, 2.24) is 5.32 Å². The summed E-state index contributed by atoms with van der Waals surface area (Å²) in [5.41, 5.74) is 3.44. The van der Waals surface area contributed by atoms with E-state index in [0.717, 1.165) is 6.54 Å². The lowest BCUT2D eigenvalue weighted by molar-refractivity contribution is 0.130. The second-order valence-electron chi connectivity index (χ2n) is 6.28. The molecule has 1 heterocycles. The molecule has 1 saturated heterocycles. The quantitative estimate of drug-likeness (QED) is 0.811. The van der Waals surface area contributed by atoms with Crippen LogP contribution >= 0.6 is 0 Å². The maximum Gasteiger partial charge on any atom is 0.00255 e. The van der Waals surface area contributed by atoms with Gasteiger partial charge in [0.05, 0.1) is 0 Å². The summed E-state index contributed by atoms with van der Waals surface area (Å²) >= 11 is 0. The fourth-order valence-corrected chi connectivity index (χ4v) is 3.96. The van der Waals surface area contributed by atoms with E-state index in [4.69, 9.17) is 0 Å². The van der Waals surface area contributed by atoms with Gasteiger partial charge in [0.2, 0.25) is 0 Å². The summed E-state index contributed by atoms with van der Waals surface area (Å²) in [4.78, 5) is 0. The molecular weight excluding hydrogens is 230 g/mol. The van der Waals surface area contributed by atoms with E-state index >= 15 is 0 Å². The second kappa shape index (κ2) is 6.56. The molecule has 1 N–H and O–H groups in total. The van der Waals surface area contributed by atoms with E-state index in [1.807, 2.05) is 0 Å². The van der Waals surface area contributed by atoms with E-state index in [-0.39, 0.29) is 0 Å². The van der Waals surface area contributed by atoms with Crippen LogP contribution in [0.5, 0.6) is 0 Å². The van der Waals surface area contributed by atoms with Gasteiger partial charge in [-0.3, -0.25) is 0 Å². The Morgan fingerprint density at radius 2 is 1.74 bits per heavy atom. The highest BCUT2D eigenvalue weighted by atomic mass is 14.9. The first-order chi connectivity index (χ1) is 9.22. The Kier molecular flexibility index (Phi) is 5.04. The topological polar surface area (TPSA) is 12.0 Å². The highest BCUT2D eigenvalue weighted by Crippen LogP contribution is 2.47. The van der Waals surface area contributed by atoms with Crippen molar-refractivity contribution in [2.24, 2.45) is 5.41 Å². The van der Waals surface area contributed by atoms with Crippen molar-refractivity contribution >= 4 is 0 Å². The van der Waals surface area contributed by atoms with Gasteiger partial charge in [-0.2, -0.15) is 0 Å². The molecule has 1 atom stereocenters. The zero-order valence-electron chi connectivity index (χ0n) is 12.8. The smallest absolute Gasteiger partial charge is 0.00255 e. The number of hydrogen-bond donors (Lipinski definition) is 1. The number of hydrogen-bond acceptors (Lipinski definition) is 1. The lowest BCUT2D eigenvalue weighted by Gasteiger charge is -2.45. The Morgan fingerprint density at radius 3 is 2.32 bits per heavy atom. The third-order valence-corrected chi connectivity index (χ3v) is 4.86. The van der Waals surface area contributed by atoms with Crippen LogP contribution in [0.4, 0.5) is 0 Å². The predicted molar refractivity (Wildman–Crippen MR) is 83.7 cm³/mol. The Morgan fingerprint density at radius 1 is 1.11 bits per heavy atom. The van der Waals surface area contributed by atoms with Crippen molar-refractivity contribution in [3.63, 3.8) is 0 Å². The molecule has 1 aromatic carbocycles. The normalized spacial score (nSPS) is 22.4. The third-order valence-electron chi connectivity index (χ3n) is 4.86. The lowest BCUT2D eigenvalue weighted by Crippen LogP contribution is -2.43. The Hall–Kier alpha value is -0.820. The molecule has 0 amide bonds. The van der Waals surface area contributed by atoms with E-state index < -0.39 is 0 Å². The summed E-state index contributed by atoms with van der Waals surface area (Å²) in [6.45, 7) is 9.21. The fourth-order valence-electron chi connectivity index (χ4n) is 3.96. The zero-order valence-corrected chi connectivity index (χ0v) is 12.8. The average molecular weight is 259 g/mol. The van der Waals surface area contributed by atoms with Gasteiger partial charge < -0.3 is 5.32 Å². The Labute approximate surface area is 118 Å². The third kappa shape index (κ3) is 3.20. The van der Waals surface area contributed by atoms with Crippen molar-refractivity contribution in [3.05, 3.63) is 35.4 Å². The van der Waals surface area contributed by atoms with E-state index in [0.29, 0.717) is 11.3 Å². The van der Waals surface area contributed by atoms with Crippen LogP contribution in [0, 0.1) is 12.3 Å². The van der Waals surface area contributed by atoms with E-state index in [2.05, 4.69) is 50.4 Å². The van der Waals surface area contributed by atoms with Gasteiger partial charge in [-0.05, 0) is 43.7 Å². The van der Waals surface area contributed by atoms with Crippen LogP contribution in [0.25, 0.3) is 0 Å². The van der Waals surface area contributed by atoms with Crippen molar-refractivity contribution in [2.75, 3.05) is 13.1 Å². The number of piperidine rings is 1. The van der Waals surface area contributed by atoms with Gasteiger partial charge in [0.25, 0.3) is 0 Å². The van der Waals surface area contributed by atoms with Crippen molar-refractivity contribution in [2.45, 2.75) is 58.8 Å². The standard InChI is InChI=1S/C18H29N/c1-4-10-18(11-5-2)12-13-19-14-17(18)16-8-6-15(3)7-9-16/h6-9,17,19H,4-5,10-14H2,1-3H3. The first-order valence-corrected chi connectivity index (χ1v) is 7.99. The summed E-state index contributed by atoms with van der Waals surface area (Å²) in [5, 5.41) is 3.62. The molecule has 106 valence electrons. The van der Waals surface area contributed by atoms with Crippen LogP contribution in [0.2, 0.25) is 0 Å². The monoisotopic (exact) mass is 259 g/mol. The molecule has 1 nitrogen and oxygen atoms in total. The Bertz CT molecular complexity index is 368. The van der Waals surface area contributed by atoms with Crippen LogP contribution in [0.1, 0.15) is 63.0 Å². The first-order valence-electron chi connectivity index (χ1n) is 7.99. The van der Waals surface area contributed by atoms with Crippen LogP contribution < -0.4 is 5.32 Å². The molecule has 0 radical (unpaired) electrons. The molecule has 0 aliphatic carbocycles. The van der Waals surface area contributed by atoms with Gasteiger partial charge in [0.1, 0.15) is 0 Å². The minimum Gasteiger partial charge on any atom is -0.316 e. The second-order valence-corrected chi connectivity index (χ2v) is 6.28. The summed E-state index contributed by atoms with van der Waals surface area (Å²) in [5.74, 6) is 0.696. The molecule has 2 rings (SSSR count). The van der Waals surface area contributed by atoms with Gasteiger partial charge >= 0.3 is 0 Å². The van der Waals surface area contributed by atoms with Crippen molar-refractivity contribution < 1.29 is 0 Å². The van der Waals surface area contributed by atoms with E-state index in [1.54, 1.807) is 5.56 Å². The number of rotatable bonds is 5. The predicted octanol–water partition coefficient (Wildman–Crippen LogP) is 4.66. The molecule has 19 heavy (non-hydrogen) atoms. The van der Waals surface area contributed by atoms with Crippen molar-refractivity contribution in [1.29, 1.82) is 0 Å². The zero-order chi connectivity index (χ0) is 13.7. The van der Waals surface area contributed by atoms with Gasteiger partial charge in [-0.15, -0.1) is 0 Å². The van der Waals surface area contributed by atoms with Crippen LogP contribution in [0.15, 0.2) is 24.3 Å². The maximum atomic E-state index is 3.62. The minimum atomic E-state index is 0.532. The number of benzene rings is 1. The number of nitrogens with one attached hydrogen (secondary N) is 1. The molecule has 1 unspecified atom stereocenters. The Balaban J connectivity index is 2.29. The SMILES string of the molecule is CCCC1(CCC)CCNCC1c1ccc(C)cc1. The number of aryl methyl sites for hydroxylation is 1. The lowest BCUT2D eigenvalue weighted by atomic mass is 9.63. The molecular formula is C18H29N. The highest BCUT2D eigenvalue weighted by Gasteiger charge is 2.39. The molecule has 0 spiro atoms. The average Bonchev–Trinajstić information content (AvgIpc) is 2.41. The summed E-state index contributed by atoms with van der Waals surface area (Å²) in [7, 11) is 0. The molecule has 1 aliphatic heterocycles. The van der Waals surface area contributed by atoms with Gasteiger partial charge in [0.15, 0.2) is 0 Å². The minimum absolute atomic E-state index is 0.532. The van der Waals surface area contributed by atoms with Gasteiger partial charge in [-0.1, -0.05) is 56.5 Å². The summed E-state index contributed by atoms with van der Waals surface area (Å²) < 4.78 is 0. The molecule has 1 heteroatoms. The van der Waals surface area contributed by atoms with E-state index in [9.17, 15) is 0 Å². The summed E-state index contributed by atoms with van der Waals surface area (Å²) in [6, 6.07) is 9.25. The molecule has 0 bridgehead atoms. The maximum absolute atomic E-state index is 3.62. The fraction of sp³-hybridized carbons (Fsp3) is 0.667. The van der Waals surface area contributed by atoms with Gasteiger partial charge in [-0.25, -0.2) is 0 Å². The molecule has 1 aliphatic rings. The largest absolute Gasteiger partial charge is 0.316 e.